The molecule has 4 amide bonds. The zero-order valence-corrected chi connectivity index (χ0v) is 19.8. The normalized spacial score (nSPS) is 14.5. The van der Waals surface area contributed by atoms with Gasteiger partial charge in [-0.1, -0.05) is 32.0 Å². The number of aromatic amines is 1. The number of nitrogens with two attached hydrogens (primary N) is 2. The van der Waals surface area contributed by atoms with Crippen molar-refractivity contribution in [3.63, 3.8) is 0 Å². The Morgan fingerprint density at radius 2 is 1.63 bits per heavy atom. The first-order valence-electron chi connectivity index (χ1n) is 11.1. The van der Waals surface area contributed by atoms with Crippen LogP contribution < -0.4 is 27.4 Å². The Balaban J connectivity index is 2.20. The van der Waals surface area contributed by atoms with E-state index in [0.717, 1.165) is 16.5 Å². The summed E-state index contributed by atoms with van der Waals surface area (Å²) in [6, 6.07) is 2.76. The maximum Gasteiger partial charge on any atom is 0.326 e. The molecule has 0 radical (unpaired) electrons. The number of hydrogen-bond acceptors (Lipinski definition) is 6. The summed E-state index contributed by atoms with van der Waals surface area (Å²) in [4.78, 5) is 63.7. The molecule has 0 fully saturated rings. The zero-order valence-electron chi connectivity index (χ0n) is 19.8. The molecule has 0 bridgehead atoms. The summed E-state index contributed by atoms with van der Waals surface area (Å²) in [6.45, 7) is 4.69. The number of primary amides is 1. The molecule has 4 unspecified atom stereocenters. The number of H-pyrrole nitrogens is 1. The Kier molecular flexibility index (Phi) is 9.34. The van der Waals surface area contributed by atoms with Gasteiger partial charge in [0, 0.05) is 23.5 Å². The average molecular weight is 489 g/mol. The van der Waals surface area contributed by atoms with Gasteiger partial charge in [0.1, 0.15) is 18.1 Å². The van der Waals surface area contributed by atoms with Crippen molar-refractivity contribution in [1.29, 1.82) is 0 Å². The molecule has 4 atom stereocenters. The number of amides is 4. The maximum absolute atomic E-state index is 13.1. The van der Waals surface area contributed by atoms with E-state index in [-0.39, 0.29) is 12.3 Å². The van der Waals surface area contributed by atoms with Crippen molar-refractivity contribution in [1.82, 2.24) is 20.9 Å². The van der Waals surface area contributed by atoms with Crippen molar-refractivity contribution in [3.05, 3.63) is 36.0 Å². The maximum atomic E-state index is 13.1. The number of fused-ring (bicyclic) bond motifs is 1. The van der Waals surface area contributed by atoms with Crippen molar-refractivity contribution >= 4 is 40.5 Å². The molecular formula is C23H32N6O6. The number of carbonyl (C=O) groups is 5. The third-order valence-corrected chi connectivity index (χ3v) is 5.47. The highest BCUT2D eigenvalue weighted by Crippen LogP contribution is 2.19. The summed E-state index contributed by atoms with van der Waals surface area (Å²) >= 11 is 0. The lowest BCUT2D eigenvalue weighted by Gasteiger charge is -2.24. The molecule has 1 aromatic heterocycles. The number of aliphatic carboxylic acids is 1. The molecule has 0 aliphatic rings. The summed E-state index contributed by atoms with van der Waals surface area (Å²) < 4.78 is 0. The lowest BCUT2D eigenvalue weighted by atomic mass is 10.0. The number of aromatic nitrogens is 1. The first-order valence-corrected chi connectivity index (χ1v) is 11.1. The smallest absolute Gasteiger partial charge is 0.326 e. The molecule has 35 heavy (non-hydrogen) atoms. The van der Waals surface area contributed by atoms with Gasteiger partial charge in [0.25, 0.3) is 0 Å². The van der Waals surface area contributed by atoms with Crippen LogP contribution in [0, 0.1) is 5.92 Å². The molecule has 1 heterocycles. The van der Waals surface area contributed by atoms with Crippen LogP contribution in [0.3, 0.4) is 0 Å². The minimum atomic E-state index is -1.26. The highest BCUT2D eigenvalue weighted by Gasteiger charge is 2.30. The topological polar surface area (TPSA) is 209 Å². The Morgan fingerprint density at radius 3 is 2.23 bits per heavy atom. The van der Waals surface area contributed by atoms with Crippen molar-refractivity contribution in [2.75, 3.05) is 0 Å². The molecule has 2 aromatic rings. The monoisotopic (exact) mass is 488 g/mol. The van der Waals surface area contributed by atoms with Crippen LogP contribution in [0.2, 0.25) is 0 Å². The van der Waals surface area contributed by atoms with Crippen molar-refractivity contribution in [2.45, 2.75) is 57.8 Å². The molecule has 190 valence electrons. The van der Waals surface area contributed by atoms with Crippen LogP contribution in [0.25, 0.3) is 10.9 Å². The zero-order chi connectivity index (χ0) is 26.3. The van der Waals surface area contributed by atoms with Crippen LogP contribution in [-0.2, 0) is 30.4 Å². The summed E-state index contributed by atoms with van der Waals surface area (Å²) in [5, 5.41) is 17.6. The number of para-hydroxylation sites is 1. The molecule has 9 N–H and O–H groups in total. The van der Waals surface area contributed by atoms with Crippen LogP contribution in [0.1, 0.15) is 32.8 Å². The number of benzene rings is 1. The molecule has 0 saturated carbocycles. The van der Waals surface area contributed by atoms with Gasteiger partial charge in [-0.05, 0) is 24.5 Å². The van der Waals surface area contributed by atoms with E-state index in [9.17, 15) is 29.1 Å². The minimum absolute atomic E-state index is 0.0585. The molecule has 0 spiro atoms. The van der Waals surface area contributed by atoms with E-state index >= 15 is 0 Å². The van der Waals surface area contributed by atoms with Crippen LogP contribution in [-0.4, -0.2) is 63.9 Å². The lowest BCUT2D eigenvalue weighted by molar-refractivity contribution is -0.143. The summed E-state index contributed by atoms with van der Waals surface area (Å²) in [5.74, 6) is -4.48. The van der Waals surface area contributed by atoms with Gasteiger partial charge in [-0.2, -0.15) is 0 Å². The molecule has 2 rings (SSSR count). The standard InChI is InChI=1S/C23H32N6O6/c1-11(2)19(23(34)35)29-20(31)12(3)27-22(33)17(28-21(32)15(24)9-18(25)30)8-13-10-26-16-7-5-4-6-14(13)16/h4-7,10-12,15,17,19,26H,8-9,24H2,1-3H3,(H2,25,30)(H,27,33)(H,28,32)(H,29,31)(H,34,35). The molecule has 12 heteroatoms. The van der Waals surface area contributed by atoms with Crippen LogP contribution in [0.4, 0.5) is 0 Å². The highest BCUT2D eigenvalue weighted by atomic mass is 16.4. The molecule has 1 aromatic carbocycles. The van der Waals surface area contributed by atoms with E-state index in [2.05, 4.69) is 20.9 Å². The first-order chi connectivity index (χ1) is 16.4. The van der Waals surface area contributed by atoms with E-state index in [4.69, 9.17) is 11.5 Å². The second-order valence-electron chi connectivity index (χ2n) is 8.70. The van der Waals surface area contributed by atoms with Crippen molar-refractivity contribution in [2.24, 2.45) is 17.4 Å². The fourth-order valence-electron chi connectivity index (χ4n) is 3.49. The predicted octanol–water partition coefficient (Wildman–Crippen LogP) is -0.872. The Labute approximate surface area is 202 Å². The molecule has 0 aliphatic heterocycles. The molecular weight excluding hydrogens is 456 g/mol. The van der Waals surface area contributed by atoms with E-state index < -0.39 is 60.2 Å². The average Bonchev–Trinajstić information content (AvgIpc) is 3.18. The van der Waals surface area contributed by atoms with Crippen LogP contribution in [0.5, 0.6) is 0 Å². The van der Waals surface area contributed by atoms with Crippen LogP contribution >= 0.6 is 0 Å². The summed E-state index contributed by atoms with van der Waals surface area (Å²) in [7, 11) is 0. The number of hydrogen-bond donors (Lipinski definition) is 7. The molecule has 12 nitrogen and oxygen atoms in total. The SMILES string of the molecule is CC(NC(=O)C(Cc1c[nH]c2ccccc12)NC(=O)C(N)CC(N)=O)C(=O)NC(C(=O)O)C(C)C. The van der Waals surface area contributed by atoms with Gasteiger partial charge < -0.3 is 37.5 Å². The summed E-state index contributed by atoms with van der Waals surface area (Å²) in [6.07, 6.45) is 1.36. The van der Waals surface area contributed by atoms with E-state index in [0.29, 0.717) is 0 Å². The first kappa shape index (κ1) is 27.3. The quantitative estimate of drug-likeness (QED) is 0.200. The number of nitrogens with one attached hydrogen (secondary N) is 4. The third-order valence-electron chi connectivity index (χ3n) is 5.47. The van der Waals surface area contributed by atoms with Gasteiger partial charge in [-0.3, -0.25) is 19.2 Å². The van der Waals surface area contributed by atoms with Gasteiger partial charge in [0.15, 0.2) is 0 Å². The lowest BCUT2D eigenvalue weighted by Crippen LogP contribution is -2.57. The van der Waals surface area contributed by atoms with Gasteiger partial charge in [-0.25, -0.2) is 4.79 Å². The van der Waals surface area contributed by atoms with E-state index in [1.54, 1.807) is 20.0 Å². The Hall–Kier alpha value is -3.93. The van der Waals surface area contributed by atoms with E-state index in [1.807, 2.05) is 24.3 Å². The minimum Gasteiger partial charge on any atom is -0.480 e. The van der Waals surface area contributed by atoms with Crippen molar-refractivity contribution < 1.29 is 29.1 Å². The van der Waals surface area contributed by atoms with Crippen molar-refractivity contribution in [3.8, 4) is 0 Å². The number of carboxylic acid groups (broad SMARTS) is 1. The molecule has 0 saturated heterocycles. The largest absolute Gasteiger partial charge is 0.480 e. The third kappa shape index (κ3) is 7.54. The fourth-order valence-corrected chi connectivity index (χ4v) is 3.49. The van der Waals surface area contributed by atoms with Gasteiger partial charge in [-0.15, -0.1) is 0 Å². The summed E-state index contributed by atoms with van der Waals surface area (Å²) in [5.41, 5.74) is 12.4. The van der Waals surface area contributed by atoms with E-state index in [1.165, 1.54) is 6.92 Å². The second-order valence-corrected chi connectivity index (χ2v) is 8.70. The van der Waals surface area contributed by atoms with Gasteiger partial charge in [0.2, 0.25) is 23.6 Å². The second kappa shape index (κ2) is 12.0. The number of carboxylic acids is 1. The van der Waals surface area contributed by atoms with Gasteiger partial charge in [0.05, 0.1) is 12.5 Å². The Morgan fingerprint density at radius 1 is 0.971 bits per heavy atom. The fraction of sp³-hybridized carbons (Fsp3) is 0.435. The Bertz CT molecular complexity index is 1100. The number of carbonyl (C=O) groups excluding carboxylic acids is 4. The predicted molar refractivity (Wildman–Crippen MR) is 128 cm³/mol. The number of rotatable bonds is 12. The van der Waals surface area contributed by atoms with Gasteiger partial charge >= 0.3 is 5.97 Å². The highest BCUT2D eigenvalue weighted by molar-refractivity contribution is 5.95. The van der Waals surface area contributed by atoms with Crippen LogP contribution in [0.15, 0.2) is 30.5 Å². The molecule has 0 aliphatic carbocycles.